The number of methoxy groups -OCH3 is 2. The molecule has 6 nitrogen and oxygen atoms in total. The average molecular weight is 326 g/mol. The largest absolute Gasteiger partial charge is 0.493 e. The zero-order chi connectivity index (χ0) is 16.7. The van der Waals surface area contributed by atoms with Gasteiger partial charge < -0.3 is 23.7 Å². The summed E-state index contributed by atoms with van der Waals surface area (Å²) >= 11 is 0. The van der Waals surface area contributed by atoms with Gasteiger partial charge in [-0.1, -0.05) is 6.07 Å². The SMILES string of the molecule is COc1ccc2c(c1OC)O/C(=C\c1ccc3c(c1)OCO3)C2=O. The maximum absolute atomic E-state index is 12.6. The normalized spacial score (nSPS) is 16.1. The van der Waals surface area contributed by atoms with Crippen molar-refractivity contribution in [2.24, 2.45) is 0 Å². The van der Waals surface area contributed by atoms with Crippen LogP contribution in [0, 0.1) is 0 Å². The van der Waals surface area contributed by atoms with Crippen molar-refractivity contribution in [3.05, 3.63) is 47.2 Å². The molecule has 0 radical (unpaired) electrons. The van der Waals surface area contributed by atoms with Gasteiger partial charge in [0.15, 0.2) is 28.8 Å². The van der Waals surface area contributed by atoms with Crippen LogP contribution in [-0.2, 0) is 0 Å². The maximum Gasteiger partial charge on any atom is 0.232 e. The molecule has 0 aromatic heterocycles. The van der Waals surface area contributed by atoms with E-state index in [1.54, 1.807) is 30.3 Å². The van der Waals surface area contributed by atoms with Gasteiger partial charge in [-0.15, -0.1) is 0 Å². The molecule has 0 amide bonds. The van der Waals surface area contributed by atoms with Gasteiger partial charge in [0.05, 0.1) is 19.8 Å². The van der Waals surface area contributed by atoms with Crippen molar-refractivity contribution >= 4 is 11.9 Å². The third kappa shape index (κ3) is 2.15. The van der Waals surface area contributed by atoms with Crippen LogP contribution in [-0.4, -0.2) is 26.8 Å². The van der Waals surface area contributed by atoms with E-state index in [-0.39, 0.29) is 18.3 Å². The summed E-state index contributed by atoms with van der Waals surface area (Å²) in [5.74, 6) is 2.62. The number of Topliss-reactive ketones (excluding diaryl/α,β-unsaturated/α-hetero) is 1. The number of allylic oxidation sites excluding steroid dienone is 1. The van der Waals surface area contributed by atoms with Crippen molar-refractivity contribution in [2.75, 3.05) is 21.0 Å². The third-order valence-electron chi connectivity index (χ3n) is 3.87. The Labute approximate surface area is 138 Å². The molecule has 0 aliphatic carbocycles. The van der Waals surface area contributed by atoms with Gasteiger partial charge in [0, 0.05) is 0 Å². The lowest BCUT2D eigenvalue weighted by Crippen LogP contribution is -1.98. The first-order valence-corrected chi connectivity index (χ1v) is 7.30. The second-order valence-corrected chi connectivity index (χ2v) is 5.23. The summed E-state index contributed by atoms with van der Waals surface area (Å²) in [6.07, 6.45) is 1.66. The number of fused-ring (bicyclic) bond motifs is 2. The summed E-state index contributed by atoms with van der Waals surface area (Å²) in [4.78, 5) is 12.6. The molecule has 2 aliphatic rings. The fourth-order valence-corrected chi connectivity index (χ4v) is 2.72. The Morgan fingerprint density at radius 3 is 2.67 bits per heavy atom. The van der Waals surface area contributed by atoms with Crippen molar-refractivity contribution in [3.8, 4) is 28.7 Å². The minimum atomic E-state index is -0.205. The highest BCUT2D eigenvalue weighted by Crippen LogP contribution is 2.45. The highest BCUT2D eigenvalue weighted by atomic mass is 16.7. The van der Waals surface area contributed by atoms with E-state index in [1.807, 2.05) is 6.07 Å². The molecular formula is C18H14O6. The van der Waals surface area contributed by atoms with E-state index >= 15 is 0 Å². The van der Waals surface area contributed by atoms with Gasteiger partial charge in [-0.25, -0.2) is 0 Å². The van der Waals surface area contributed by atoms with Gasteiger partial charge in [-0.05, 0) is 35.9 Å². The average Bonchev–Trinajstić information content (AvgIpc) is 3.19. The fourth-order valence-electron chi connectivity index (χ4n) is 2.72. The number of ether oxygens (including phenoxy) is 5. The van der Waals surface area contributed by atoms with Crippen molar-refractivity contribution in [1.82, 2.24) is 0 Å². The van der Waals surface area contributed by atoms with E-state index in [1.165, 1.54) is 14.2 Å². The Morgan fingerprint density at radius 2 is 1.88 bits per heavy atom. The molecule has 0 atom stereocenters. The number of benzene rings is 2. The Kier molecular flexibility index (Phi) is 3.30. The van der Waals surface area contributed by atoms with Gasteiger partial charge in [-0.2, -0.15) is 0 Å². The molecule has 0 fully saturated rings. The molecule has 0 bridgehead atoms. The van der Waals surface area contributed by atoms with Crippen molar-refractivity contribution < 1.29 is 28.5 Å². The van der Waals surface area contributed by atoms with Crippen LogP contribution >= 0.6 is 0 Å². The lowest BCUT2D eigenvalue weighted by atomic mass is 10.1. The van der Waals surface area contributed by atoms with Crippen molar-refractivity contribution in [1.29, 1.82) is 0 Å². The predicted molar refractivity (Wildman–Crippen MR) is 85.0 cm³/mol. The minimum absolute atomic E-state index is 0.202. The van der Waals surface area contributed by atoms with Crippen LogP contribution in [0.25, 0.3) is 6.08 Å². The second-order valence-electron chi connectivity index (χ2n) is 5.23. The van der Waals surface area contributed by atoms with Gasteiger partial charge >= 0.3 is 0 Å². The molecule has 2 aliphatic heterocycles. The number of hydrogen-bond acceptors (Lipinski definition) is 6. The van der Waals surface area contributed by atoms with Gasteiger partial charge in [-0.3, -0.25) is 4.79 Å². The predicted octanol–water partition coefficient (Wildman–Crippen LogP) is 3.05. The van der Waals surface area contributed by atoms with E-state index in [2.05, 4.69) is 0 Å². The first-order valence-electron chi connectivity index (χ1n) is 7.30. The Morgan fingerprint density at radius 1 is 1.04 bits per heavy atom. The Balaban J connectivity index is 1.72. The van der Waals surface area contributed by atoms with Crippen molar-refractivity contribution in [2.45, 2.75) is 0 Å². The first kappa shape index (κ1) is 14.4. The second kappa shape index (κ2) is 5.49. The molecule has 0 N–H and O–H groups in total. The molecule has 0 spiro atoms. The summed E-state index contributed by atoms with van der Waals surface area (Å²) in [6, 6.07) is 8.78. The zero-order valence-electron chi connectivity index (χ0n) is 13.1. The van der Waals surface area contributed by atoms with Crippen LogP contribution in [0.4, 0.5) is 0 Å². The Bertz CT molecular complexity index is 868. The van der Waals surface area contributed by atoms with Gasteiger partial charge in [0.25, 0.3) is 0 Å². The lowest BCUT2D eigenvalue weighted by Gasteiger charge is -2.10. The minimum Gasteiger partial charge on any atom is -0.493 e. The van der Waals surface area contributed by atoms with Crippen LogP contribution in [0.3, 0.4) is 0 Å². The number of ketones is 1. The van der Waals surface area contributed by atoms with E-state index < -0.39 is 0 Å². The molecule has 24 heavy (non-hydrogen) atoms. The molecule has 2 heterocycles. The molecular weight excluding hydrogens is 312 g/mol. The van der Waals surface area contributed by atoms with Crippen LogP contribution in [0.1, 0.15) is 15.9 Å². The molecule has 4 rings (SSSR count). The van der Waals surface area contributed by atoms with Crippen LogP contribution < -0.4 is 23.7 Å². The number of carbonyl (C=O) groups is 1. The summed E-state index contributed by atoms with van der Waals surface area (Å²) < 4.78 is 26.9. The molecule has 0 saturated heterocycles. The van der Waals surface area contributed by atoms with Gasteiger partial charge in [0.1, 0.15) is 0 Å². The number of rotatable bonds is 3. The summed E-state index contributed by atoms with van der Waals surface area (Å²) in [5.41, 5.74) is 1.22. The Hall–Kier alpha value is -3.15. The summed E-state index contributed by atoms with van der Waals surface area (Å²) in [7, 11) is 3.04. The van der Waals surface area contributed by atoms with E-state index in [9.17, 15) is 4.79 Å². The van der Waals surface area contributed by atoms with Crippen molar-refractivity contribution in [3.63, 3.8) is 0 Å². The van der Waals surface area contributed by atoms with E-state index in [0.717, 1.165) is 5.56 Å². The first-order chi connectivity index (χ1) is 11.7. The maximum atomic E-state index is 12.6. The monoisotopic (exact) mass is 326 g/mol. The summed E-state index contributed by atoms with van der Waals surface area (Å²) in [5, 5.41) is 0. The molecule has 0 saturated carbocycles. The molecule has 122 valence electrons. The smallest absolute Gasteiger partial charge is 0.232 e. The number of carbonyl (C=O) groups excluding carboxylic acids is 1. The van der Waals surface area contributed by atoms with E-state index in [0.29, 0.717) is 34.3 Å². The lowest BCUT2D eigenvalue weighted by molar-refractivity contribution is 0.101. The molecule has 2 aromatic rings. The molecule has 2 aromatic carbocycles. The fraction of sp³-hybridized carbons (Fsp3) is 0.167. The van der Waals surface area contributed by atoms with Gasteiger partial charge in [0.2, 0.25) is 18.3 Å². The van der Waals surface area contributed by atoms with Crippen LogP contribution in [0.2, 0.25) is 0 Å². The topological polar surface area (TPSA) is 63.2 Å². The van der Waals surface area contributed by atoms with Crippen LogP contribution in [0.15, 0.2) is 36.1 Å². The van der Waals surface area contributed by atoms with Crippen LogP contribution in [0.5, 0.6) is 28.7 Å². The standard InChI is InChI=1S/C18H14O6/c1-20-13-6-4-11-16(19)15(24-17(11)18(13)21-2)8-10-3-5-12-14(7-10)23-9-22-12/h3-8H,9H2,1-2H3/b15-8-. The molecule has 6 heteroatoms. The zero-order valence-corrected chi connectivity index (χ0v) is 13.1. The third-order valence-corrected chi connectivity index (χ3v) is 3.87. The quantitative estimate of drug-likeness (QED) is 0.808. The highest BCUT2D eigenvalue weighted by molar-refractivity contribution is 6.15. The highest BCUT2D eigenvalue weighted by Gasteiger charge is 2.32. The number of hydrogen-bond donors (Lipinski definition) is 0. The van der Waals surface area contributed by atoms with E-state index in [4.69, 9.17) is 23.7 Å². The molecule has 0 unspecified atom stereocenters. The summed E-state index contributed by atoms with van der Waals surface area (Å²) in [6.45, 7) is 0.202.